The van der Waals surface area contributed by atoms with Gasteiger partial charge in [0.25, 0.3) is 0 Å². The molecule has 0 amide bonds. The van der Waals surface area contributed by atoms with Gasteiger partial charge in [-0.05, 0) is 6.92 Å². The molecule has 0 atom stereocenters. The summed E-state index contributed by atoms with van der Waals surface area (Å²) in [5.41, 5.74) is 5.77. The third kappa shape index (κ3) is 2.62. The molecule has 0 bridgehead atoms. The number of fused-ring (bicyclic) bond motifs is 3. The maximum Gasteiger partial charge on any atom is 0.226 e. The van der Waals surface area contributed by atoms with Gasteiger partial charge in [-0.25, -0.2) is 9.97 Å². The summed E-state index contributed by atoms with van der Waals surface area (Å²) in [6.45, 7) is 4.88. The van der Waals surface area contributed by atoms with Gasteiger partial charge in [0.15, 0.2) is 5.78 Å². The highest BCUT2D eigenvalue weighted by Crippen LogP contribution is 2.40. The maximum absolute atomic E-state index is 13.1. The summed E-state index contributed by atoms with van der Waals surface area (Å²) in [5.74, 6) is 0.668. The van der Waals surface area contributed by atoms with Crippen molar-refractivity contribution in [3.8, 4) is 22.5 Å². The summed E-state index contributed by atoms with van der Waals surface area (Å²) in [5, 5.41) is 0. The summed E-state index contributed by atoms with van der Waals surface area (Å²) in [6.07, 6.45) is 0. The van der Waals surface area contributed by atoms with Crippen molar-refractivity contribution in [3.63, 3.8) is 0 Å². The number of benzene rings is 2. The number of anilines is 1. The minimum absolute atomic E-state index is 0.00435. The van der Waals surface area contributed by atoms with E-state index in [0.717, 1.165) is 29.9 Å². The minimum Gasteiger partial charge on any atom is -0.378 e. The molecule has 5 rings (SSSR count). The average Bonchev–Trinajstić information content (AvgIpc) is 3.01. The number of carbonyl (C=O) groups is 1. The predicted molar refractivity (Wildman–Crippen MR) is 104 cm³/mol. The summed E-state index contributed by atoms with van der Waals surface area (Å²) < 4.78 is 5.46. The van der Waals surface area contributed by atoms with Gasteiger partial charge in [-0.3, -0.25) is 4.79 Å². The number of hydrogen-bond donors (Lipinski definition) is 0. The summed E-state index contributed by atoms with van der Waals surface area (Å²) in [7, 11) is 0. The van der Waals surface area contributed by atoms with Crippen LogP contribution in [0.1, 0.15) is 21.5 Å². The van der Waals surface area contributed by atoms with Crippen molar-refractivity contribution in [1.82, 2.24) is 9.97 Å². The van der Waals surface area contributed by atoms with E-state index in [1.807, 2.05) is 55.5 Å². The van der Waals surface area contributed by atoms with Crippen LogP contribution in [-0.2, 0) is 4.74 Å². The van der Waals surface area contributed by atoms with Gasteiger partial charge in [0, 0.05) is 29.8 Å². The highest BCUT2D eigenvalue weighted by Gasteiger charge is 2.33. The van der Waals surface area contributed by atoms with Crippen LogP contribution in [0.5, 0.6) is 0 Å². The van der Waals surface area contributed by atoms with Crippen LogP contribution in [0.25, 0.3) is 22.5 Å². The molecule has 3 aromatic rings. The molecule has 0 N–H and O–H groups in total. The van der Waals surface area contributed by atoms with Gasteiger partial charge in [0.2, 0.25) is 5.95 Å². The molecule has 2 aromatic carbocycles. The van der Waals surface area contributed by atoms with Gasteiger partial charge in [0.05, 0.1) is 30.2 Å². The highest BCUT2D eigenvalue weighted by atomic mass is 16.5. The van der Waals surface area contributed by atoms with Gasteiger partial charge in [-0.1, -0.05) is 54.1 Å². The van der Waals surface area contributed by atoms with Gasteiger partial charge >= 0.3 is 0 Å². The van der Waals surface area contributed by atoms with Gasteiger partial charge in [-0.15, -0.1) is 0 Å². The van der Waals surface area contributed by atoms with E-state index < -0.39 is 0 Å². The van der Waals surface area contributed by atoms with Crippen LogP contribution >= 0.6 is 0 Å². The van der Waals surface area contributed by atoms with Crippen molar-refractivity contribution in [2.75, 3.05) is 31.2 Å². The monoisotopic (exact) mass is 357 g/mol. The normalized spacial score (nSPS) is 15.6. The number of carbonyl (C=O) groups excluding carboxylic acids is 1. The molecule has 0 unspecified atom stereocenters. The lowest BCUT2D eigenvalue weighted by Gasteiger charge is -2.27. The lowest BCUT2D eigenvalue weighted by molar-refractivity contribution is 0.104. The average molecular weight is 357 g/mol. The van der Waals surface area contributed by atoms with Crippen LogP contribution < -0.4 is 4.90 Å². The fourth-order valence-electron chi connectivity index (χ4n) is 3.71. The molecule has 5 nitrogen and oxygen atoms in total. The Hall–Kier alpha value is -3.05. The summed E-state index contributed by atoms with van der Waals surface area (Å²) in [6, 6.07) is 15.8. The van der Waals surface area contributed by atoms with Crippen molar-refractivity contribution in [2.24, 2.45) is 0 Å². The minimum atomic E-state index is 0.00435. The zero-order valence-corrected chi connectivity index (χ0v) is 15.1. The Bertz CT molecular complexity index is 1040. The molecule has 5 heteroatoms. The summed E-state index contributed by atoms with van der Waals surface area (Å²) in [4.78, 5) is 24.9. The Morgan fingerprint density at radius 3 is 2.30 bits per heavy atom. The second-order valence-electron chi connectivity index (χ2n) is 6.94. The summed E-state index contributed by atoms with van der Waals surface area (Å²) >= 11 is 0. The van der Waals surface area contributed by atoms with Crippen LogP contribution in [0.4, 0.5) is 5.95 Å². The number of morpholine rings is 1. The van der Waals surface area contributed by atoms with Crippen molar-refractivity contribution in [3.05, 3.63) is 65.2 Å². The van der Waals surface area contributed by atoms with Crippen LogP contribution in [0.15, 0.2) is 48.5 Å². The molecule has 1 aliphatic heterocycles. The molecule has 1 aliphatic carbocycles. The number of hydrogen-bond acceptors (Lipinski definition) is 5. The van der Waals surface area contributed by atoms with E-state index in [0.29, 0.717) is 36.0 Å². The van der Waals surface area contributed by atoms with Crippen LogP contribution in [0.3, 0.4) is 0 Å². The fourth-order valence-corrected chi connectivity index (χ4v) is 3.71. The number of ketones is 1. The first kappa shape index (κ1) is 16.1. The molecule has 134 valence electrons. The van der Waals surface area contributed by atoms with Gasteiger partial charge in [0.1, 0.15) is 0 Å². The Balaban J connectivity index is 1.75. The molecular weight excluding hydrogens is 338 g/mol. The smallest absolute Gasteiger partial charge is 0.226 e. The van der Waals surface area contributed by atoms with Crippen LogP contribution in [-0.4, -0.2) is 42.1 Å². The number of aromatic nitrogens is 2. The zero-order chi connectivity index (χ0) is 18.4. The lowest BCUT2D eigenvalue weighted by atomic mass is 10.0. The topological polar surface area (TPSA) is 55.3 Å². The van der Waals surface area contributed by atoms with Crippen molar-refractivity contribution < 1.29 is 9.53 Å². The first-order valence-electron chi connectivity index (χ1n) is 9.18. The molecule has 0 saturated carbocycles. The molecule has 0 radical (unpaired) electrons. The highest BCUT2D eigenvalue weighted by molar-refractivity contribution is 6.23. The Labute approximate surface area is 157 Å². The van der Waals surface area contributed by atoms with E-state index in [9.17, 15) is 4.79 Å². The van der Waals surface area contributed by atoms with E-state index in [1.165, 1.54) is 5.56 Å². The number of rotatable bonds is 2. The number of ether oxygens (including phenoxy) is 1. The van der Waals surface area contributed by atoms with E-state index in [1.54, 1.807) is 0 Å². The van der Waals surface area contributed by atoms with Gasteiger partial charge < -0.3 is 9.64 Å². The van der Waals surface area contributed by atoms with Gasteiger partial charge in [-0.2, -0.15) is 0 Å². The maximum atomic E-state index is 13.1. The van der Waals surface area contributed by atoms with Crippen LogP contribution in [0, 0.1) is 6.92 Å². The molecule has 0 spiro atoms. The van der Waals surface area contributed by atoms with Crippen LogP contribution in [0.2, 0.25) is 0 Å². The van der Waals surface area contributed by atoms with Crippen molar-refractivity contribution in [1.29, 1.82) is 0 Å². The van der Waals surface area contributed by atoms with Crippen molar-refractivity contribution in [2.45, 2.75) is 6.92 Å². The second kappa shape index (κ2) is 6.28. The molecular formula is C22H19N3O2. The first-order chi connectivity index (χ1) is 13.2. The quantitative estimate of drug-likeness (QED) is 0.550. The lowest BCUT2D eigenvalue weighted by Crippen LogP contribution is -2.37. The van der Waals surface area contributed by atoms with E-state index >= 15 is 0 Å². The second-order valence-corrected chi connectivity index (χ2v) is 6.94. The predicted octanol–water partition coefficient (Wildman–Crippen LogP) is 3.50. The molecule has 2 heterocycles. The Morgan fingerprint density at radius 1 is 0.889 bits per heavy atom. The fraction of sp³-hybridized carbons (Fsp3) is 0.227. The molecule has 27 heavy (non-hydrogen) atoms. The SMILES string of the molecule is Cc1ccc(-c2nc(N3CCOCC3)nc3c2C(=O)c2ccccc2-3)cc1. The largest absolute Gasteiger partial charge is 0.378 e. The van der Waals surface area contributed by atoms with E-state index in [4.69, 9.17) is 14.7 Å². The first-order valence-corrected chi connectivity index (χ1v) is 9.18. The van der Waals surface area contributed by atoms with Crippen molar-refractivity contribution >= 4 is 11.7 Å². The zero-order valence-electron chi connectivity index (χ0n) is 15.1. The number of aryl methyl sites for hydroxylation is 1. The molecule has 1 aromatic heterocycles. The van der Waals surface area contributed by atoms with E-state index in [2.05, 4.69) is 4.90 Å². The molecule has 1 saturated heterocycles. The standard InChI is InChI=1S/C22H19N3O2/c1-14-6-8-15(9-7-14)19-18-20(16-4-2-3-5-17(16)21(18)26)24-22(23-19)25-10-12-27-13-11-25/h2-9H,10-13H2,1H3. The Kier molecular flexibility index (Phi) is 3.76. The number of nitrogens with zero attached hydrogens (tertiary/aromatic N) is 3. The third-order valence-corrected chi connectivity index (χ3v) is 5.17. The Morgan fingerprint density at radius 2 is 1.56 bits per heavy atom. The molecule has 2 aliphatic rings. The third-order valence-electron chi connectivity index (χ3n) is 5.17. The van der Waals surface area contributed by atoms with E-state index in [-0.39, 0.29) is 5.78 Å². The molecule has 1 fully saturated rings.